The Morgan fingerprint density at radius 1 is 0.444 bits per heavy atom. The molecule has 3 fully saturated rings. The normalized spacial score (nSPS) is 32.7. The molecule has 3 rings (SSSR count). The average molecular weight is 502 g/mol. The van der Waals surface area contributed by atoms with Crippen molar-refractivity contribution in [2.45, 2.75) is 180 Å². The molecule has 0 saturated heterocycles. The van der Waals surface area contributed by atoms with Crippen LogP contribution in [0.2, 0.25) is 0 Å². The van der Waals surface area contributed by atoms with Crippen molar-refractivity contribution >= 4 is 0 Å². The molecule has 2 N–H and O–H groups in total. The molecule has 0 amide bonds. The Labute approximate surface area is 227 Å². The van der Waals surface area contributed by atoms with Crippen molar-refractivity contribution in [3.05, 3.63) is 0 Å². The van der Waals surface area contributed by atoms with E-state index in [-0.39, 0.29) is 0 Å². The molecule has 1 heteroatoms. The van der Waals surface area contributed by atoms with E-state index >= 15 is 0 Å². The minimum absolute atomic E-state index is 0.890. The van der Waals surface area contributed by atoms with Crippen molar-refractivity contribution in [2.24, 2.45) is 41.2 Å². The van der Waals surface area contributed by atoms with Crippen molar-refractivity contribution in [3.63, 3.8) is 0 Å². The van der Waals surface area contributed by atoms with Crippen molar-refractivity contribution < 1.29 is 0 Å². The van der Waals surface area contributed by atoms with E-state index in [4.69, 9.17) is 5.73 Å². The molecular formula is C35H67N. The molecule has 36 heavy (non-hydrogen) atoms. The van der Waals surface area contributed by atoms with E-state index in [1.807, 2.05) is 0 Å². The van der Waals surface area contributed by atoms with Crippen LogP contribution >= 0.6 is 0 Å². The van der Waals surface area contributed by atoms with E-state index < -0.39 is 0 Å². The Morgan fingerprint density at radius 2 is 0.833 bits per heavy atom. The van der Waals surface area contributed by atoms with E-state index in [9.17, 15) is 0 Å². The minimum atomic E-state index is 0.890. The molecule has 1 nitrogen and oxygen atoms in total. The Kier molecular flexibility index (Phi) is 16.2. The Balaban J connectivity index is 1.37. The van der Waals surface area contributed by atoms with Crippen LogP contribution in [0.15, 0.2) is 0 Å². The summed E-state index contributed by atoms with van der Waals surface area (Å²) in [4.78, 5) is 0. The zero-order valence-electron chi connectivity index (χ0n) is 24.8. The van der Waals surface area contributed by atoms with Gasteiger partial charge in [0.1, 0.15) is 0 Å². The van der Waals surface area contributed by atoms with Crippen LogP contribution in [0.4, 0.5) is 0 Å². The van der Waals surface area contributed by atoms with Gasteiger partial charge >= 0.3 is 0 Å². The van der Waals surface area contributed by atoms with Gasteiger partial charge in [0.25, 0.3) is 0 Å². The standard InChI is InChI=1S/C35H67N/c1-2-35-33(24-15-29-36)22-14-23-34(35)28-27-32-19-12-11-18-31(20-13-21-32)26-25-30-16-9-7-5-3-4-6-8-10-17-30/h30-35H,2-29,36H2,1H3. The molecule has 3 saturated carbocycles. The average Bonchev–Trinajstić information content (AvgIpc) is 2.96. The lowest BCUT2D eigenvalue weighted by Crippen LogP contribution is -2.29. The third-order valence-corrected chi connectivity index (χ3v) is 11.2. The highest BCUT2D eigenvalue weighted by Gasteiger charge is 2.31. The second-order valence-electron chi connectivity index (χ2n) is 13.8. The summed E-state index contributed by atoms with van der Waals surface area (Å²) in [7, 11) is 0. The lowest BCUT2D eigenvalue weighted by molar-refractivity contribution is 0.122. The summed E-state index contributed by atoms with van der Waals surface area (Å²) in [5.74, 6) is 6.14. The number of rotatable bonds is 10. The summed E-state index contributed by atoms with van der Waals surface area (Å²) in [6, 6.07) is 0. The Bertz CT molecular complexity index is 503. The zero-order valence-corrected chi connectivity index (χ0v) is 24.8. The van der Waals surface area contributed by atoms with Crippen LogP contribution in [0.5, 0.6) is 0 Å². The molecule has 0 spiro atoms. The first kappa shape index (κ1) is 30.5. The fraction of sp³-hybridized carbons (Fsp3) is 1.00. The molecule has 5 unspecified atom stereocenters. The molecule has 0 aliphatic heterocycles. The second-order valence-corrected chi connectivity index (χ2v) is 13.8. The predicted octanol–water partition coefficient (Wildman–Crippen LogP) is 11.2. The SMILES string of the molecule is CCC1C(CCCN)CCCC1CCC1CCCCC(CCC2CCCCCCCCCC2)CCC1. The summed E-state index contributed by atoms with van der Waals surface area (Å²) in [6.07, 6.45) is 40.6. The monoisotopic (exact) mass is 502 g/mol. The van der Waals surface area contributed by atoms with Crippen LogP contribution < -0.4 is 5.73 Å². The first-order chi connectivity index (χ1) is 17.8. The van der Waals surface area contributed by atoms with Gasteiger partial charge in [0, 0.05) is 0 Å². The molecule has 212 valence electrons. The second kappa shape index (κ2) is 19.1. The van der Waals surface area contributed by atoms with Gasteiger partial charge in [0.15, 0.2) is 0 Å². The summed E-state index contributed by atoms with van der Waals surface area (Å²) in [5, 5.41) is 0. The number of nitrogens with two attached hydrogens (primary N) is 1. The van der Waals surface area contributed by atoms with Gasteiger partial charge in [-0.3, -0.25) is 0 Å². The maximum atomic E-state index is 5.86. The lowest BCUT2D eigenvalue weighted by atomic mass is 9.67. The molecule has 3 aliphatic rings. The highest BCUT2D eigenvalue weighted by molar-refractivity contribution is 4.82. The quantitative estimate of drug-likeness (QED) is 0.316. The van der Waals surface area contributed by atoms with Crippen molar-refractivity contribution in [1.82, 2.24) is 0 Å². The number of hydrogen-bond donors (Lipinski definition) is 1. The van der Waals surface area contributed by atoms with Gasteiger partial charge in [-0.15, -0.1) is 0 Å². The van der Waals surface area contributed by atoms with Crippen molar-refractivity contribution in [3.8, 4) is 0 Å². The number of hydrogen-bond acceptors (Lipinski definition) is 1. The first-order valence-corrected chi connectivity index (χ1v) is 17.5. The molecule has 0 radical (unpaired) electrons. The first-order valence-electron chi connectivity index (χ1n) is 17.5. The van der Waals surface area contributed by atoms with E-state index in [1.165, 1.54) is 128 Å². The van der Waals surface area contributed by atoms with E-state index in [2.05, 4.69) is 6.92 Å². The predicted molar refractivity (Wildman–Crippen MR) is 160 cm³/mol. The molecule has 5 atom stereocenters. The maximum absolute atomic E-state index is 5.86. The van der Waals surface area contributed by atoms with Crippen molar-refractivity contribution in [1.29, 1.82) is 0 Å². The fourth-order valence-corrected chi connectivity index (χ4v) is 8.93. The third kappa shape index (κ3) is 11.8. The van der Waals surface area contributed by atoms with Gasteiger partial charge in [-0.25, -0.2) is 0 Å². The van der Waals surface area contributed by atoms with Crippen LogP contribution in [0.1, 0.15) is 180 Å². The fourth-order valence-electron chi connectivity index (χ4n) is 8.93. The summed E-state index contributed by atoms with van der Waals surface area (Å²) in [6.45, 7) is 3.36. The topological polar surface area (TPSA) is 26.0 Å². The largest absolute Gasteiger partial charge is 0.330 e. The Morgan fingerprint density at radius 3 is 1.33 bits per heavy atom. The molecular weight excluding hydrogens is 434 g/mol. The molecule has 0 bridgehead atoms. The third-order valence-electron chi connectivity index (χ3n) is 11.2. The zero-order chi connectivity index (χ0) is 25.3. The van der Waals surface area contributed by atoms with Crippen LogP contribution in [-0.2, 0) is 0 Å². The van der Waals surface area contributed by atoms with E-state index in [0.29, 0.717) is 0 Å². The Hall–Kier alpha value is -0.0400. The minimum Gasteiger partial charge on any atom is -0.330 e. The van der Waals surface area contributed by atoms with Gasteiger partial charge in [-0.05, 0) is 61.3 Å². The van der Waals surface area contributed by atoms with Gasteiger partial charge in [0.2, 0.25) is 0 Å². The molecule has 0 heterocycles. The lowest BCUT2D eigenvalue weighted by Gasteiger charge is -2.39. The highest BCUT2D eigenvalue weighted by Crippen LogP contribution is 2.43. The summed E-state index contributed by atoms with van der Waals surface area (Å²) in [5.41, 5.74) is 5.86. The highest BCUT2D eigenvalue weighted by atomic mass is 14.5. The van der Waals surface area contributed by atoms with Crippen LogP contribution in [0.3, 0.4) is 0 Å². The van der Waals surface area contributed by atoms with E-state index in [0.717, 1.165) is 42.1 Å². The molecule has 0 aromatic heterocycles. The maximum Gasteiger partial charge on any atom is -0.00772 e. The van der Waals surface area contributed by atoms with Gasteiger partial charge < -0.3 is 5.73 Å². The molecule has 0 aromatic carbocycles. The molecule has 3 aliphatic carbocycles. The smallest absolute Gasteiger partial charge is 0.00772 e. The van der Waals surface area contributed by atoms with Gasteiger partial charge in [-0.2, -0.15) is 0 Å². The van der Waals surface area contributed by atoms with Crippen molar-refractivity contribution in [2.75, 3.05) is 6.54 Å². The summed E-state index contributed by atoms with van der Waals surface area (Å²) >= 11 is 0. The molecule has 0 aromatic rings. The van der Waals surface area contributed by atoms with Crippen LogP contribution in [0.25, 0.3) is 0 Å². The van der Waals surface area contributed by atoms with Crippen LogP contribution in [-0.4, -0.2) is 6.54 Å². The van der Waals surface area contributed by atoms with Crippen LogP contribution in [0, 0.1) is 35.5 Å². The van der Waals surface area contributed by atoms with Gasteiger partial charge in [0.05, 0.1) is 0 Å². The summed E-state index contributed by atoms with van der Waals surface area (Å²) < 4.78 is 0. The van der Waals surface area contributed by atoms with Gasteiger partial charge in [-0.1, -0.05) is 161 Å². The van der Waals surface area contributed by atoms with E-state index in [1.54, 1.807) is 44.9 Å².